The molecular weight excluding hydrogens is 420 g/mol. The van der Waals surface area contributed by atoms with Crippen molar-refractivity contribution in [2.45, 2.75) is 85.0 Å². The van der Waals surface area contributed by atoms with Crippen molar-refractivity contribution < 1.29 is 24.3 Å². The van der Waals surface area contributed by atoms with E-state index in [4.69, 9.17) is 5.73 Å². The molecule has 9 nitrogen and oxygen atoms in total. The Balaban J connectivity index is 5.34. The van der Waals surface area contributed by atoms with Gasteiger partial charge in [0.05, 0.1) is 6.04 Å². The summed E-state index contributed by atoms with van der Waals surface area (Å²) in [5, 5.41) is 17.2. The first-order chi connectivity index (χ1) is 14.4. The maximum Gasteiger partial charge on any atom is 0.326 e. The average molecular weight is 461 g/mol. The third kappa shape index (κ3) is 9.90. The summed E-state index contributed by atoms with van der Waals surface area (Å²) in [7, 11) is 0. The zero-order chi connectivity index (χ0) is 24.3. The summed E-state index contributed by atoms with van der Waals surface area (Å²) in [4.78, 5) is 49.5. The Hall–Kier alpha value is -1.81. The highest BCUT2D eigenvalue weighted by Gasteiger charge is 2.32. The van der Waals surface area contributed by atoms with Gasteiger partial charge >= 0.3 is 5.97 Å². The smallest absolute Gasteiger partial charge is 0.326 e. The van der Waals surface area contributed by atoms with Gasteiger partial charge in [0, 0.05) is 5.75 Å². The molecule has 6 atom stereocenters. The highest BCUT2D eigenvalue weighted by Crippen LogP contribution is 2.11. The molecule has 0 rings (SSSR count). The third-order valence-corrected chi connectivity index (χ3v) is 5.86. The molecule has 0 bridgehead atoms. The van der Waals surface area contributed by atoms with Crippen LogP contribution in [0.4, 0.5) is 0 Å². The number of rotatable bonds is 14. The van der Waals surface area contributed by atoms with Gasteiger partial charge < -0.3 is 26.8 Å². The Morgan fingerprint density at radius 2 is 1.32 bits per heavy atom. The van der Waals surface area contributed by atoms with E-state index >= 15 is 0 Å². The number of carboxylic acids is 1. The molecule has 180 valence electrons. The van der Waals surface area contributed by atoms with Crippen LogP contribution in [-0.2, 0) is 19.2 Å². The first kappa shape index (κ1) is 29.2. The zero-order valence-electron chi connectivity index (χ0n) is 19.5. The first-order valence-electron chi connectivity index (χ1n) is 10.9. The number of carbonyl (C=O) groups excluding carboxylic acids is 3. The van der Waals surface area contributed by atoms with Crippen LogP contribution in [0.3, 0.4) is 0 Å². The van der Waals surface area contributed by atoms with Crippen LogP contribution < -0.4 is 21.7 Å². The first-order valence-corrected chi connectivity index (χ1v) is 11.5. The Kier molecular flexibility index (Phi) is 13.5. The van der Waals surface area contributed by atoms with E-state index in [9.17, 15) is 24.3 Å². The molecule has 6 N–H and O–H groups in total. The average Bonchev–Trinajstić information content (AvgIpc) is 2.72. The topological polar surface area (TPSA) is 151 Å². The van der Waals surface area contributed by atoms with Crippen LogP contribution in [0.1, 0.15) is 60.8 Å². The van der Waals surface area contributed by atoms with Gasteiger partial charge in [-0.1, -0.05) is 54.4 Å². The largest absolute Gasteiger partial charge is 0.480 e. The molecular formula is C21H40N4O5S. The van der Waals surface area contributed by atoms with E-state index in [2.05, 4.69) is 28.6 Å². The molecule has 0 heterocycles. The molecule has 31 heavy (non-hydrogen) atoms. The van der Waals surface area contributed by atoms with Gasteiger partial charge in [-0.25, -0.2) is 4.79 Å². The number of carboxylic acid groups (broad SMARTS) is 1. The molecule has 0 aliphatic carbocycles. The van der Waals surface area contributed by atoms with Crippen LogP contribution in [0.25, 0.3) is 0 Å². The monoisotopic (exact) mass is 460 g/mol. The van der Waals surface area contributed by atoms with Crippen molar-refractivity contribution in [3.05, 3.63) is 0 Å². The van der Waals surface area contributed by atoms with Gasteiger partial charge in [-0.15, -0.1) is 0 Å². The molecule has 10 heteroatoms. The minimum absolute atomic E-state index is 0.0193. The standard InChI is InChI=1S/C21H40N4O5S/c1-7-12(5)16(22)20(28)24-15(10-31)19(27)23-14(9-11(3)4)18(26)25-17(21(29)30)13(6)8-2/h11-17,31H,7-10,22H2,1-6H3,(H,23,27)(H,24,28)(H,25,26)(H,29,30). The zero-order valence-corrected chi connectivity index (χ0v) is 20.4. The number of nitrogens with one attached hydrogen (secondary N) is 3. The van der Waals surface area contributed by atoms with Gasteiger partial charge in [-0.2, -0.15) is 12.6 Å². The predicted molar refractivity (Wildman–Crippen MR) is 124 cm³/mol. The van der Waals surface area contributed by atoms with E-state index in [0.29, 0.717) is 19.3 Å². The maximum atomic E-state index is 12.8. The summed E-state index contributed by atoms with van der Waals surface area (Å²) in [6, 6.07) is -3.74. The lowest BCUT2D eigenvalue weighted by molar-refractivity contribution is -0.144. The number of aliphatic carboxylic acids is 1. The van der Waals surface area contributed by atoms with Crippen molar-refractivity contribution in [3.8, 4) is 0 Å². The number of amides is 3. The summed E-state index contributed by atoms with van der Waals surface area (Å²) in [5.41, 5.74) is 5.93. The summed E-state index contributed by atoms with van der Waals surface area (Å²) in [6.45, 7) is 11.1. The summed E-state index contributed by atoms with van der Waals surface area (Å²) >= 11 is 4.14. The molecule has 3 amide bonds. The SMILES string of the molecule is CCC(C)C(N)C(=O)NC(CS)C(=O)NC(CC(C)C)C(=O)NC(C(=O)O)C(C)CC. The predicted octanol–water partition coefficient (Wildman–Crippen LogP) is 0.921. The molecule has 0 spiro atoms. The van der Waals surface area contributed by atoms with Crippen molar-refractivity contribution in [3.63, 3.8) is 0 Å². The van der Waals surface area contributed by atoms with Crippen LogP contribution in [0.15, 0.2) is 0 Å². The molecule has 0 aromatic rings. The summed E-state index contributed by atoms with van der Waals surface area (Å²) in [6.07, 6.45) is 1.59. The van der Waals surface area contributed by atoms with E-state index in [1.807, 2.05) is 34.6 Å². The van der Waals surface area contributed by atoms with Crippen molar-refractivity contribution >= 4 is 36.3 Å². The van der Waals surface area contributed by atoms with Crippen molar-refractivity contribution in [2.24, 2.45) is 23.5 Å². The quantitative estimate of drug-likeness (QED) is 0.212. The fraction of sp³-hybridized carbons (Fsp3) is 0.810. The molecule has 0 aliphatic heterocycles. The fourth-order valence-electron chi connectivity index (χ4n) is 2.89. The molecule has 0 aromatic heterocycles. The van der Waals surface area contributed by atoms with Crippen LogP contribution >= 0.6 is 12.6 Å². The lowest BCUT2D eigenvalue weighted by Crippen LogP contribution is -2.58. The van der Waals surface area contributed by atoms with Gasteiger partial charge in [0.1, 0.15) is 18.1 Å². The second-order valence-electron chi connectivity index (χ2n) is 8.56. The summed E-state index contributed by atoms with van der Waals surface area (Å²) < 4.78 is 0. The van der Waals surface area contributed by atoms with Crippen LogP contribution in [0.5, 0.6) is 0 Å². The molecule has 0 radical (unpaired) electrons. The Morgan fingerprint density at radius 3 is 1.74 bits per heavy atom. The highest BCUT2D eigenvalue weighted by molar-refractivity contribution is 7.80. The van der Waals surface area contributed by atoms with Gasteiger partial charge in [0.15, 0.2) is 0 Å². The Morgan fingerprint density at radius 1 is 0.839 bits per heavy atom. The molecule has 6 unspecified atom stereocenters. The molecule has 0 aromatic carbocycles. The number of hydrogen-bond donors (Lipinski definition) is 6. The second-order valence-corrected chi connectivity index (χ2v) is 8.92. The lowest BCUT2D eigenvalue weighted by Gasteiger charge is -2.27. The van der Waals surface area contributed by atoms with Gasteiger partial charge in [-0.05, 0) is 24.2 Å². The molecule has 0 saturated heterocycles. The second kappa shape index (κ2) is 14.3. The van der Waals surface area contributed by atoms with Crippen LogP contribution in [0, 0.1) is 17.8 Å². The van der Waals surface area contributed by atoms with E-state index in [1.54, 1.807) is 6.92 Å². The molecule has 0 saturated carbocycles. The number of nitrogens with two attached hydrogens (primary N) is 1. The molecule has 0 fully saturated rings. The number of carbonyl (C=O) groups is 4. The maximum absolute atomic E-state index is 12.8. The van der Waals surface area contributed by atoms with E-state index in [0.717, 1.165) is 0 Å². The van der Waals surface area contributed by atoms with Crippen molar-refractivity contribution in [2.75, 3.05) is 5.75 Å². The van der Waals surface area contributed by atoms with E-state index in [1.165, 1.54) is 0 Å². The minimum Gasteiger partial charge on any atom is -0.480 e. The van der Waals surface area contributed by atoms with Crippen LogP contribution in [0.2, 0.25) is 0 Å². The van der Waals surface area contributed by atoms with Crippen molar-refractivity contribution in [1.29, 1.82) is 0 Å². The highest BCUT2D eigenvalue weighted by atomic mass is 32.1. The minimum atomic E-state index is -1.13. The number of hydrogen-bond acceptors (Lipinski definition) is 6. The Labute approximate surface area is 191 Å². The number of thiol groups is 1. The van der Waals surface area contributed by atoms with Gasteiger partial charge in [0.2, 0.25) is 17.7 Å². The van der Waals surface area contributed by atoms with E-state index in [-0.39, 0.29) is 23.5 Å². The Bertz CT molecular complexity index is 617. The third-order valence-electron chi connectivity index (χ3n) is 5.49. The van der Waals surface area contributed by atoms with Gasteiger partial charge in [-0.3, -0.25) is 14.4 Å². The fourth-order valence-corrected chi connectivity index (χ4v) is 3.14. The van der Waals surface area contributed by atoms with E-state index < -0.39 is 47.9 Å². The normalized spacial score (nSPS) is 17.1. The summed E-state index contributed by atoms with van der Waals surface area (Å²) in [5.74, 6) is -2.99. The van der Waals surface area contributed by atoms with Crippen LogP contribution in [-0.4, -0.2) is 58.7 Å². The van der Waals surface area contributed by atoms with Gasteiger partial charge in [0.25, 0.3) is 0 Å². The molecule has 0 aliphatic rings. The van der Waals surface area contributed by atoms with Crippen molar-refractivity contribution in [1.82, 2.24) is 16.0 Å². The lowest BCUT2D eigenvalue weighted by atomic mass is 9.97.